The standard InChI is InChI=1S/C14H28N2O2S/c1-13(2)5-7-14(11-15,8-6-13)16(3)12-4-9-19(17,18)10-12/h12H,4-11,15H2,1-3H3. The molecule has 2 fully saturated rings. The van der Waals surface area contributed by atoms with Crippen LogP contribution in [-0.2, 0) is 9.84 Å². The summed E-state index contributed by atoms with van der Waals surface area (Å²) in [6.07, 6.45) is 5.29. The number of hydrogen-bond acceptors (Lipinski definition) is 4. The maximum absolute atomic E-state index is 11.7. The minimum atomic E-state index is -2.82. The minimum absolute atomic E-state index is 0.0139. The lowest BCUT2D eigenvalue weighted by Gasteiger charge is -2.50. The molecule has 0 radical (unpaired) electrons. The number of sulfone groups is 1. The SMILES string of the molecule is CN(C1CCS(=O)(=O)C1)C1(CN)CCC(C)(C)CC1. The van der Waals surface area contributed by atoms with Gasteiger partial charge in [-0.25, -0.2) is 8.42 Å². The van der Waals surface area contributed by atoms with E-state index in [1.165, 1.54) is 12.8 Å². The van der Waals surface area contributed by atoms with Crippen molar-refractivity contribution in [2.45, 2.75) is 57.5 Å². The number of nitrogens with zero attached hydrogens (tertiary/aromatic N) is 1. The molecule has 19 heavy (non-hydrogen) atoms. The fourth-order valence-corrected chi connectivity index (χ4v) is 5.34. The molecule has 2 rings (SSSR count). The van der Waals surface area contributed by atoms with Crippen molar-refractivity contribution in [1.82, 2.24) is 4.90 Å². The molecule has 0 amide bonds. The maximum Gasteiger partial charge on any atom is 0.151 e. The van der Waals surface area contributed by atoms with Gasteiger partial charge in [0.15, 0.2) is 9.84 Å². The average Bonchev–Trinajstić information content (AvgIpc) is 2.70. The first-order valence-corrected chi connectivity index (χ1v) is 9.15. The summed E-state index contributed by atoms with van der Waals surface area (Å²) in [6, 6.07) is 0.162. The highest BCUT2D eigenvalue weighted by Gasteiger charge is 2.44. The van der Waals surface area contributed by atoms with Crippen molar-refractivity contribution >= 4 is 9.84 Å². The Morgan fingerprint density at radius 3 is 2.21 bits per heavy atom. The normalized spacial score (nSPS) is 32.6. The van der Waals surface area contributed by atoms with Crippen molar-refractivity contribution in [3.8, 4) is 0 Å². The molecule has 0 aromatic carbocycles. The second-order valence-corrected chi connectivity index (χ2v) is 9.49. The van der Waals surface area contributed by atoms with Crippen LogP contribution in [0.5, 0.6) is 0 Å². The molecule has 2 N–H and O–H groups in total. The molecule has 1 saturated heterocycles. The number of rotatable bonds is 3. The van der Waals surface area contributed by atoms with Gasteiger partial charge in [-0.05, 0) is 44.6 Å². The third-order valence-electron chi connectivity index (χ3n) is 5.42. The van der Waals surface area contributed by atoms with Gasteiger partial charge in [0.1, 0.15) is 0 Å². The van der Waals surface area contributed by atoms with E-state index in [0.29, 0.717) is 23.5 Å². The van der Waals surface area contributed by atoms with Crippen molar-refractivity contribution < 1.29 is 8.42 Å². The van der Waals surface area contributed by atoms with E-state index in [-0.39, 0.29) is 11.6 Å². The first-order valence-electron chi connectivity index (χ1n) is 7.33. The van der Waals surface area contributed by atoms with Gasteiger partial charge in [-0.15, -0.1) is 0 Å². The van der Waals surface area contributed by atoms with Gasteiger partial charge >= 0.3 is 0 Å². The Kier molecular flexibility index (Phi) is 4.02. The van der Waals surface area contributed by atoms with E-state index in [9.17, 15) is 8.42 Å². The molecule has 1 unspecified atom stereocenters. The summed E-state index contributed by atoms with van der Waals surface area (Å²) in [5.74, 6) is 0.656. The molecule has 5 heteroatoms. The number of hydrogen-bond donors (Lipinski definition) is 1. The largest absolute Gasteiger partial charge is 0.329 e. The maximum atomic E-state index is 11.7. The lowest BCUT2D eigenvalue weighted by molar-refractivity contribution is 0.0192. The Balaban J connectivity index is 2.10. The molecule has 0 aromatic rings. The summed E-state index contributed by atoms with van der Waals surface area (Å²) in [6.45, 7) is 5.26. The zero-order chi connectivity index (χ0) is 14.3. The van der Waals surface area contributed by atoms with E-state index in [4.69, 9.17) is 5.73 Å². The molecular weight excluding hydrogens is 260 g/mol. The van der Waals surface area contributed by atoms with Crippen molar-refractivity contribution in [3.63, 3.8) is 0 Å². The van der Waals surface area contributed by atoms with Crippen molar-refractivity contribution in [1.29, 1.82) is 0 Å². The van der Waals surface area contributed by atoms with Crippen molar-refractivity contribution in [2.24, 2.45) is 11.1 Å². The molecule has 112 valence electrons. The molecule has 1 saturated carbocycles. The third kappa shape index (κ3) is 3.14. The van der Waals surface area contributed by atoms with Crippen LogP contribution in [0.2, 0.25) is 0 Å². The van der Waals surface area contributed by atoms with Crippen LogP contribution in [0.1, 0.15) is 46.0 Å². The second kappa shape index (κ2) is 5.01. The molecule has 1 atom stereocenters. The summed E-state index contributed by atoms with van der Waals surface area (Å²) in [5.41, 5.74) is 6.49. The topological polar surface area (TPSA) is 63.4 Å². The van der Waals surface area contributed by atoms with Crippen LogP contribution in [0.15, 0.2) is 0 Å². The van der Waals surface area contributed by atoms with Crippen molar-refractivity contribution in [2.75, 3.05) is 25.1 Å². The second-order valence-electron chi connectivity index (χ2n) is 7.26. The molecule has 4 nitrogen and oxygen atoms in total. The smallest absolute Gasteiger partial charge is 0.151 e. The Morgan fingerprint density at radius 2 is 1.79 bits per heavy atom. The Hall–Kier alpha value is -0.130. The lowest BCUT2D eigenvalue weighted by Crippen LogP contribution is -2.58. The van der Waals surface area contributed by atoms with E-state index in [2.05, 4.69) is 25.8 Å². The van der Waals surface area contributed by atoms with Gasteiger partial charge in [-0.1, -0.05) is 13.8 Å². The fraction of sp³-hybridized carbons (Fsp3) is 1.00. The van der Waals surface area contributed by atoms with Crippen LogP contribution in [0.25, 0.3) is 0 Å². The van der Waals surface area contributed by atoms with Crippen LogP contribution in [0, 0.1) is 5.41 Å². The van der Waals surface area contributed by atoms with E-state index < -0.39 is 9.84 Å². The molecule has 0 spiro atoms. The van der Waals surface area contributed by atoms with E-state index >= 15 is 0 Å². The summed E-state index contributed by atoms with van der Waals surface area (Å²) >= 11 is 0. The van der Waals surface area contributed by atoms with Gasteiger partial charge in [-0.3, -0.25) is 4.90 Å². The van der Waals surface area contributed by atoms with Gasteiger partial charge in [0, 0.05) is 18.1 Å². The van der Waals surface area contributed by atoms with Crippen molar-refractivity contribution in [3.05, 3.63) is 0 Å². The minimum Gasteiger partial charge on any atom is -0.329 e. The predicted octanol–water partition coefficient (Wildman–Crippen LogP) is 1.40. The van der Waals surface area contributed by atoms with Gasteiger partial charge < -0.3 is 5.73 Å². The molecule has 1 heterocycles. The van der Waals surface area contributed by atoms with Crippen LogP contribution in [-0.4, -0.2) is 50.0 Å². The number of likely N-dealkylation sites (N-methyl/N-ethyl adjacent to an activating group) is 1. The van der Waals surface area contributed by atoms with Crippen LogP contribution >= 0.6 is 0 Å². The predicted molar refractivity (Wildman–Crippen MR) is 78.9 cm³/mol. The van der Waals surface area contributed by atoms with Crippen LogP contribution < -0.4 is 5.73 Å². The fourth-order valence-electron chi connectivity index (χ4n) is 3.56. The highest BCUT2D eigenvalue weighted by Crippen LogP contribution is 2.43. The molecule has 1 aliphatic carbocycles. The Bertz CT molecular complexity index is 421. The summed E-state index contributed by atoms with van der Waals surface area (Å²) in [4.78, 5) is 2.30. The molecule has 0 aromatic heterocycles. The quantitative estimate of drug-likeness (QED) is 0.853. The first kappa shape index (κ1) is 15.3. The molecule has 0 bridgehead atoms. The summed E-state index contributed by atoms with van der Waals surface area (Å²) < 4.78 is 23.3. The Morgan fingerprint density at radius 1 is 1.21 bits per heavy atom. The van der Waals surface area contributed by atoms with Gasteiger partial charge in [0.05, 0.1) is 11.5 Å². The Labute approximate surface area is 117 Å². The van der Waals surface area contributed by atoms with Crippen LogP contribution in [0.3, 0.4) is 0 Å². The summed E-state index contributed by atoms with van der Waals surface area (Å²) in [5, 5.41) is 0. The molecular formula is C14H28N2O2S. The van der Waals surface area contributed by atoms with Gasteiger partial charge in [0.25, 0.3) is 0 Å². The van der Waals surface area contributed by atoms with E-state index in [1.54, 1.807) is 0 Å². The summed E-state index contributed by atoms with van der Waals surface area (Å²) in [7, 11) is -0.739. The zero-order valence-corrected chi connectivity index (χ0v) is 13.3. The average molecular weight is 288 g/mol. The monoisotopic (exact) mass is 288 g/mol. The molecule has 2 aliphatic rings. The lowest BCUT2D eigenvalue weighted by atomic mass is 9.68. The van der Waals surface area contributed by atoms with Crippen LogP contribution in [0.4, 0.5) is 0 Å². The third-order valence-corrected chi connectivity index (χ3v) is 7.17. The first-order chi connectivity index (χ1) is 8.70. The molecule has 1 aliphatic heterocycles. The van der Waals surface area contributed by atoms with E-state index in [1.807, 2.05) is 0 Å². The highest BCUT2D eigenvalue weighted by atomic mass is 32.2. The van der Waals surface area contributed by atoms with Gasteiger partial charge in [-0.2, -0.15) is 0 Å². The van der Waals surface area contributed by atoms with E-state index in [0.717, 1.165) is 19.3 Å². The van der Waals surface area contributed by atoms with Gasteiger partial charge in [0.2, 0.25) is 0 Å². The zero-order valence-electron chi connectivity index (χ0n) is 12.5. The number of nitrogens with two attached hydrogens (primary N) is 1. The highest BCUT2D eigenvalue weighted by molar-refractivity contribution is 7.91.